The van der Waals surface area contributed by atoms with Gasteiger partial charge in [-0.15, -0.1) is 0 Å². The van der Waals surface area contributed by atoms with Crippen molar-refractivity contribution in [1.82, 2.24) is 0 Å². The molecule has 2 aromatic carbocycles. The normalized spacial score (nSPS) is 17.3. The summed E-state index contributed by atoms with van der Waals surface area (Å²) >= 11 is 5.94. The van der Waals surface area contributed by atoms with Crippen LogP contribution < -0.4 is 4.74 Å². The zero-order chi connectivity index (χ0) is 14.7. The highest BCUT2D eigenvalue weighted by molar-refractivity contribution is 6.30. The molecule has 3 heteroatoms. The van der Waals surface area contributed by atoms with Gasteiger partial charge in [-0.3, -0.25) is 0 Å². The van der Waals surface area contributed by atoms with Crippen LogP contribution in [-0.2, 0) is 13.0 Å². The molecule has 2 aromatic rings. The van der Waals surface area contributed by atoms with E-state index in [9.17, 15) is 5.11 Å². The summed E-state index contributed by atoms with van der Waals surface area (Å²) in [7, 11) is 0. The molecule has 0 fully saturated rings. The molecule has 21 heavy (non-hydrogen) atoms. The predicted molar refractivity (Wildman–Crippen MR) is 85.0 cm³/mol. The molecule has 1 atom stereocenters. The number of rotatable bonds is 4. The smallest absolute Gasteiger partial charge is 0.124 e. The molecule has 0 spiro atoms. The first-order valence-corrected chi connectivity index (χ1v) is 7.75. The molecule has 0 aromatic heterocycles. The SMILES string of the molecule is OCc1cc(Cl)ccc1OCC1CCCc2ccccc21. The van der Waals surface area contributed by atoms with Crippen LogP contribution in [0.5, 0.6) is 5.75 Å². The summed E-state index contributed by atoms with van der Waals surface area (Å²) in [4.78, 5) is 0. The number of fused-ring (bicyclic) bond motifs is 1. The van der Waals surface area contributed by atoms with E-state index in [0.717, 1.165) is 24.2 Å². The monoisotopic (exact) mass is 302 g/mol. The van der Waals surface area contributed by atoms with E-state index in [4.69, 9.17) is 16.3 Å². The summed E-state index contributed by atoms with van der Waals surface area (Å²) in [6.07, 6.45) is 3.52. The zero-order valence-corrected chi connectivity index (χ0v) is 12.6. The van der Waals surface area contributed by atoms with Crippen LogP contribution in [0.3, 0.4) is 0 Å². The van der Waals surface area contributed by atoms with E-state index >= 15 is 0 Å². The van der Waals surface area contributed by atoms with Crippen LogP contribution in [-0.4, -0.2) is 11.7 Å². The lowest BCUT2D eigenvalue weighted by atomic mass is 9.83. The van der Waals surface area contributed by atoms with Gasteiger partial charge in [0.05, 0.1) is 13.2 Å². The molecule has 110 valence electrons. The van der Waals surface area contributed by atoms with Crippen molar-refractivity contribution < 1.29 is 9.84 Å². The molecular weight excluding hydrogens is 284 g/mol. The minimum absolute atomic E-state index is 0.0584. The Morgan fingerprint density at radius 3 is 2.90 bits per heavy atom. The minimum atomic E-state index is -0.0584. The number of aliphatic hydroxyl groups is 1. The fraction of sp³-hybridized carbons (Fsp3) is 0.333. The molecule has 0 saturated heterocycles. The molecule has 0 bridgehead atoms. The van der Waals surface area contributed by atoms with Crippen molar-refractivity contribution in [3.63, 3.8) is 0 Å². The summed E-state index contributed by atoms with van der Waals surface area (Å²) in [5.41, 5.74) is 3.59. The van der Waals surface area contributed by atoms with Crippen molar-refractivity contribution in [1.29, 1.82) is 0 Å². The molecular formula is C18H19ClO2. The first kappa shape index (κ1) is 14.4. The average Bonchev–Trinajstić information content (AvgIpc) is 2.53. The molecule has 0 heterocycles. The number of hydrogen-bond acceptors (Lipinski definition) is 2. The molecule has 2 nitrogen and oxygen atoms in total. The van der Waals surface area contributed by atoms with Gasteiger partial charge in [-0.25, -0.2) is 0 Å². The zero-order valence-electron chi connectivity index (χ0n) is 11.9. The molecule has 1 unspecified atom stereocenters. The van der Waals surface area contributed by atoms with Crippen molar-refractivity contribution >= 4 is 11.6 Å². The van der Waals surface area contributed by atoms with E-state index in [1.165, 1.54) is 17.5 Å². The van der Waals surface area contributed by atoms with E-state index in [1.807, 2.05) is 6.07 Å². The maximum atomic E-state index is 9.40. The Balaban J connectivity index is 1.74. The van der Waals surface area contributed by atoms with Crippen molar-refractivity contribution in [3.8, 4) is 5.75 Å². The van der Waals surface area contributed by atoms with Gasteiger partial charge in [0, 0.05) is 16.5 Å². The first-order valence-electron chi connectivity index (χ1n) is 7.38. The molecule has 0 amide bonds. The van der Waals surface area contributed by atoms with Gasteiger partial charge < -0.3 is 9.84 Å². The summed E-state index contributed by atoms with van der Waals surface area (Å²) in [6, 6.07) is 14.0. The lowest BCUT2D eigenvalue weighted by Gasteiger charge is -2.25. The second-order valence-corrected chi connectivity index (χ2v) is 5.95. The predicted octanol–water partition coefficient (Wildman–Crippen LogP) is 4.33. The molecule has 0 aliphatic heterocycles. The van der Waals surface area contributed by atoms with E-state index in [1.54, 1.807) is 12.1 Å². The standard InChI is InChI=1S/C18H19ClO2/c19-16-8-9-18(15(10-16)11-20)21-12-14-6-3-5-13-4-1-2-7-17(13)14/h1-2,4,7-10,14,20H,3,5-6,11-12H2. The van der Waals surface area contributed by atoms with Gasteiger partial charge in [0.2, 0.25) is 0 Å². The van der Waals surface area contributed by atoms with Gasteiger partial charge in [-0.05, 0) is 48.6 Å². The lowest BCUT2D eigenvalue weighted by molar-refractivity contribution is 0.248. The van der Waals surface area contributed by atoms with Crippen LogP contribution in [0.2, 0.25) is 5.02 Å². The highest BCUT2D eigenvalue weighted by Gasteiger charge is 2.20. The Labute approximate surface area is 130 Å². The molecule has 1 aliphatic carbocycles. The van der Waals surface area contributed by atoms with Gasteiger partial charge in [0.15, 0.2) is 0 Å². The Morgan fingerprint density at radius 1 is 1.19 bits per heavy atom. The average molecular weight is 303 g/mol. The maximum Gasteiger partial charge on any atom is 0.124 e. The first-order chi connectivity index (χ1) is 10.3. The Hall–Kier alpha value is -1.51. The fourth-order valence-corrected chi connectivity index (χ4v) is 3.23. The Morgan fingerprint density at radius 2 is 2.05 bits per heavy atom. The van der Waals surface area contributed by atoms with Gasteiger partial charge in [-0.2, -0.15) is 0 Å². The van der Waals surface area contributed by atoms with Crippen LogP contribution in [0.15, 0.2) is 42.5 Å². The topological polar surface area (TPSA) is 29.5 Å². The van der Waals surface area contributed by atoms with Crippen molar-refractivity contribution in [2.24, 2.45) is 0 Å². The minimum Gasteiger partial charge on any atom is -0.493 e. The number of aryl methyl sites for hydroxylation is 1. The Bertz CT molecular complexity index is 624. The molecule has 0 radical (unpaired) electrons. The van der Waals surface area contributed by atoms with Crippen LogP contribution in [0.25, 0.3) is 0 Å². The van der Waals surface area contributed by atoms with Crippen molar-refractivity contribution in [2.45, 2.75) is 31.8 Å². The Kier molecular flexibility index (Phi) is 4.47. The molecule has 1 N–H and O–H groups in total. The van der Waals surface area contributed by atoms with Gasteiger partial charge in [0.1, 0.15) is 5.75 Å². The van der Waals surface area contributed by atoms with Gasteiger partial charge in [0.25, 0.3) is 0 Å². The summed E-state index contributed by atoms with van der Waals surface area (Å²) in [5, 5.41) is 10.0. The largest absolute Gasteiger partial charge is 0.493 e. The second kappa shape index (κ2) is 6.50. The summed E-state index contributed by atoms with van der Waals surface area (Å²) in [6.45, 7) is 0.586. The van der Waals surface area contributed by atoms with E-state index < -0.39 is 0 Å². The third-order valence-corrected chi connectivity index (χ3v) is 4.36. The van der Waals surface area contributed by atoms with Crippen LogP contribution in [0, 0.1) is 0 Å². The quantitative estimate of drug-likeness (QED) is 0.911. The third-order valence-electron chi connectivity index (χ3n) is 4.13. The number of benzene rings is 2. The molecule has 3 rings (SSSR count). The third kappa shape index (κ3) is 3.22. The van der Waals surface area contributed by atoms with Gasteiger partial charge >= 0.3 is 0 Å². The number of halogens is 1. The second-order valence-electron chi connectivity index (χ2n) is 5.51. The molecule has 1 aliphatic rings. The number of hydrogen-bond donors (Lipinski definition) is 1. The van der Waals surface area contributed by atoms with Gasteiger partial charge in [-0.1, -0.05) is 35.9 Å². The van der Waals surface area contributed by atoms with Crippen LogP contribution >= 0.6 is 11.6 Å². The number of ether oxygens (including phenoxy) is 1. The van der Waals surface area contributed by atoms with E-state index in [2.05, 4.69) is 24.3 Å². The highest BCUT2D eigenvalue weighted by atomic mass is 35.5. The van der Waals surface area contributed by atoms with Crippen molar-refractivity contribution in [2.75, 3.05) is 6.61 Å². The lowest BCUT2D eigenvalue weighted by Crippen LogP contribution is -2.17. The van der Waals surface area contributed by atoms with Crippen LogP contribution in [0.1, 0.15) is 35.4 Å². The summed E-state index contributed by atoms with van der Waals surface area (Å²) in [5.74, 6) is 1.15. The van der Waals surface area contributed by atoms with Crippen LogP contribution in [0.4, 0.5) is 0 Å². The summed E-state index contributed by atoms with van der Waals surface area (Å²) < 4.78 is 5.96. The highest BCUT2D eigenvalue weighted by Crippen LogP contribution is 2.32. The fourth-order valence-electron chi connectivity index (χ4n) is 3.03. The van der Waals surface area contributed by atoms with E-state index in [0.29, 0.717) is 17.5 Å². The maximum absolute atomic E-state index is 9.40. The van der Waals surface area contributed by atoms with Crippen molar-refractivity contribution in [3.05, 3.63) is 64.2 Å². The molecule has 0 saturated carbocycles. The number of aliphatic hydroxyl groups excluding tert-OH is 1. The van der Waals surface area contributed by atoms with E-state index in [-0.39, 0.29) is 6.61 Å².